The molecule has 0 bridgehead atoms. The summed E-state index contributed by atoms with van der Waals surface area (Å²) in [5, 5.41) is 2.68. The van der Waals surface area contributed by atoms with Crippen molar-refractivity contribution in [2.45, 2.75) is 19.8 Å². The van der Waals surface area contributed by atoms with Gasteiger partial charge in [0.2, 0.25) is 17.7 Å². The van der Waals surface area contributed by atoms with Crippen molar-refractivity contribution in [1.29, 1.82) is 0 Å². The van der Waals surface area contributed by atoms with Gasteiger partial charge in [0.1, 0.15) is 0 Å². The molecule has 3 amide bonds. The molecular weight excluding hydrogens is 394 g/mol. The van der Waals surface area contributed by atoms with Crippen molar-refractivity contribution in [3.63, 3.8) is 0 Å². The lowest BCUT2D eigenvalue weighted by atomic mass is 10.1. The van der Waals surface area contributed by atoms with Gasteiger partial charge < -0.3 is 15.1 Å². The van der Waals surface area contributed by atoms with Gasteiger partial charge in [-0.2, -0.15) is 0 Å². The highest BCUT2D eigenvalue weighted by Crippen LogP contribution is 2.12. The summed E-state index contributed by atoms with van der Waals surface area (Å²) in [5.41, 5.74) is 7.68. The van der Waals surface area contributed by atoms with Gasteiger partial charge in [0.15, 0.2) is 0 Å². The molecular formula is C23H30N5O3+. The zero-order chi connectivity index (χ0) is 22.1. The largest absolute Gasteiger partial charge is 0.360 e. The first-order valence-electron chi connectivity index (χ1n) is 10.6. The van der Waals surface area contributed by atoms with Gasteiger partial charge in [-0.25, -0.2) is 0 Å². The third kappa shape index (κ3) is 7.42. The number of benzene rings is 2. The molecule has 1 aliphatic heterocycles. The maximum absolute atomic E-state index is 12.1. The van der Waals surface area contributed by atoms with Crippen LogP contribution in [0.1, 0.15) is 18.9 Å². The van der Waals surface area contributed by atoms with Crippen molar-refractivity contribution in [2.75, 3.05) is 42.9 Å². The molecule has 3 rings (SSSR count). The van der Waals surface area contributed by atoms with Crippen molar-refractivity contribution in [3.8, 4) is 0 Å². The van der Waals surface area contributed by atoms with Gasteiger partial charge in [0.05, 0.1) is 45.6 Å². The molecule has 0 aromatic heterocycles. The number of hydrazine groups is 1. The average Bonchev–Trinajstić information content (AvgIpc) is 2.78. The lowest BCUT2D eigenvalue weighted by molar-refractivity contribution is -0.900. The topological polar surface area (TPSA) is 95.0 Å². The average molecular weight is 425 g/mol. The number of piperazine rings is 1. The fourth-order valence-electron chi connectivity index (χ4n) is 3.60. The van der Waals surface area contributed by atoms with Gasteiger partial charge in [0.25, 0.3) is 0 Å². The Bertz CT molecular complexity index is 878. The SMILES string of the molecule is CC(=O)Nc1ccc(CC(=O)NNC(=O)CC[NH+]2CCN(c3ccccc3)CC2)cc1. The summed E-state index contributed by atoms with van der Waals surface area (Å²) in [4.78, 5) is 38.9. The number of hydrogen-bond acceptors (Lipinski definition) is 4. The Hall–Kier alpha value is -3.39. The van der Waals surface area contributed by atoms with E-state index in [1.165, 1.54) is 17.5 Å². The second-order valence-corrected chi connectivity index (χ2v) is 7.72. The van der Waals surface area contributed by atoms with E-state index in [9.17, 15) is 14.4 Å². The first-order chi connectivity index (χ1) is 15.0. The van der Waals surface area contributed by atoms with Crippen LogP contribution in [0.3, 0.4) is 0 Å². The Balaban J connectivity index is 1.31. The molecule has 1 aliphatic rings. The van der Waals surface area contributed by atoms with Crippen LogP contribution >= 0.6 is 0 Å². The first-order valence-corrected chi connectivity index (χ1v) is 10.6. The Labute approximate surface area is 182 Å². The second-order valence-electron chi connectivity index (χ2n) is 7.72. The number of amides is 3. The molecule has 1 saturated heterocycles. The van der Waals surface area contributed by atoms with E-state index in [1.807, 2.05) is 18.2 Å². The second kappa shape index (κ2) is 11.1. The maximum atomic E-state index is 12.1. The third-order valence-corrected chi connectivity index (χ3v) is 5.28. The quantitative estimate of drug-likeness (QED) is 0.475. The molecule has 2 aromatic carbocycles. The standard InChI is InChI=1S/C23H29N5O3/c1-18(29)24-20-9-7-19(8-10-20)17-23(31)26-25-22(30)11-12-27-13-15-28(16-14-27)21-5-3-2-4-6-21/h2-10H,11-17H2,1H3,(H,24,29)(H,25,30)(H,26,31)/p+1. The van der Waals surface area contributed by atoms with E-state index in [4.69, 9.17) is 0 Å². The van der Waals surface area contributed by atoms with Gasteiger partial charge in [-0.1, -0.05) is 30.3 Å². The lowest BCUT2D eigenvalue weighted by Crippen LogP contribution is -3.15. The summed E-state index contributed by atoms with van der Waals surface area (Å²) in [6.07, 6.45) is 0.514. The Morgan fingerprint density at radius 3 is 2.19 bits per heavy atom. The zero-order valence-corrected chi connectivity index (χ0v) is 17.8. The smallest absolute Gasteiger partial charge is 0.244 e. The Morgan fingerprint density at radius 2 is 1.55 bits per heavy atom. The van der Waals surface area contributed by atoms with Gasteiger partial charge >= 0.3 is 0 Å². The summed E-state index contributed by atoms with van der Waals surface area (Å²) in [6.45, 7) is 6.11. The molecule has 0 aliphatic carbocycles. The van der Waals surface area contributed by atoms with E-state index in [1.54, 1.807) is 24.3 Å². The van der Waals surface area contributed by atoms with E-state index in [0.29, 0.717) is 12.1 Å². The maximum Gasteiger partial charge on any atom is 0.244 e. The van der Waals surface area contributed by atoms with E-state index in [-0.39, 0.29) is 24.1 Å². The molecule has 0 spiro atoms. The predicted molar refractivity (Wildman–Crippen MR) is 120 cm³/mol. The molecule has 31 heavy (non-hydrogen) atoms. The van der Waals surface area contributed by atoms with Crippen LogP contribution in [0.15, 0.2) is 54.6 Å². The Kier molecular flexibility index (Phi) is 8.00. The molecule has 1 heterocycles. The fourth-order valence-corrected chi connectivity index (χ4v) is 3.60. The van der Waals surface area contributed by atoms with E-state index < -0.39 is 0 Å². The van der Waals surface area contributed by atoms with Crippen LogP contribution in [0.25, 0.3) is 0 Å². The summed E-state index contributed by atoms with van der Waals surface area (Å²) >= 11 is 0. The number of nitrogens with zero attached hydrogens (tertiary/aromatic N) is 1. The predicted octanol–water partition coefficient (Wildman–Crippen LogP) is 0.130. The zero-order valence-electron chi connectivity index (χ0n) is 17.8. The van der Waals surface area contributed by atoms with Crippen molar-refractivity contribution in [3.05, 3.63) is 60.2 Å². The number of nitrogens with one attached hydrogen (secondary N) is 4. The minimum absolute atomic E-state index is 0.145. The normalized spacial score (nSPS) is 14.0. The highest BCUT2D eigenvalue weighted by atomic mass is 16.2. The highest BCUT2D eigenvalue weighted by molar-refractivity contribution is 5.88. The molecule has 164 valence electrons. The van der Waals surface area contributed by atoms with Crippen molar-refractivity contribution in [1.82, 2.24) is 10.9 Å². The number of anilines is 2. The molecule has 8 nitrogen and oxygen atoms in total. The van der Waals surface area contributed by atoms with Gasteiger partial charge in [-0.05, 0) is 29.8 Å². The summed E-state index contributed by atoms with van der Waals surface area (Å²) in [6, 6.07) is 17.4. The number of hydrogen-bond donors (Lipinski definition) is 4. The van der Waals surface area contributed by atoms with E-state index in [0.717, 1.165) is 38.3 Å². The molecule has 8 heteroatoms. The van der Waals surface area contributed by atoms with E-state index >= 15 is 0 Å². The van der Waals surface area contributed by atoms with Crippen LogP contribution in [0, 0.1) is 0 Å². The molecule has 1 fully saturated rings. The highest BCUT2D eigenvalue weighted by Gasteiger charge is 2.20. The molecule has 0 saturated carbocycles. The third-order valence-electron chi connectivity index (χ3n) is 5.28. The van der Waals surface area contributed by atoms with Gasteiger partial charge in [-0.15, -0.1) is 0 Å². The molecule has 2 aromatic rings. The summed E-state index contributed by atoms with van der Waals surface area (Å²) < 4.78 is 0. The van der Waals surface area contributed by atoms with Gasteiger partial charge in [-0.3, -0.25) is 25.2 Å². The monoisotopic (exact) mass is 424 g/mol. The molecule has 0 radical (unpaired) electrons. The Morgan fingerprint density at radius 1 is 0.903 bits per heavy atom. The van der Waals surface area contributed by atoms with Gasteiger partial charge in [0, 0.05) is 18.3 Å². The molecule has 4 N–H and O–H groups in total. The van der Waals surface area contributed by atoms with Crippen LogP contribution in [0.2, 0.25) is 0 Å². The minimum Gasteiger partial charge on any atom is -0.360 e. The lowest BCUT2D eigenvalue weighted by Gasteiger charge is -2.33. The van der Waals surface area contributed by atoms with Crippen LogP contribution in [0.4, 0.5) is 11.4 Å². The van der Waals surface area contributed by atoms with E-state index in [2.05, 4.69) is 33.2 Å². The van der Waals surface area contributed by atoms with Crippen molar-refractivity contribution in [2.24, 2.45) is 0 Å². The summed E-state index contributed by atoms with van der Waals surface area (Å²) in [5.74, 6) is -0.620. The number of rotatable bonds is 7. The number of para-hydroxylation sites is 1. The summed E-state index contributed by atoms with van der Waals surface area (Å²) in [7, 11) is 0. The molecule has 0 unspecified atom stereocenters. The van der Waals surface area contributed by atoms with Crippen LogP contribution in [0.5, 0.6) is 0 Å². The minimum atomic E-state index is -0.288. The van der Waals surface area contributed by atoms with Crippen molar-refractivity contribution < 1.29 is 19.3 Å². The van der Waals surface area contributed by atoms with Crippen molar-refractivity contribution >= 4 is 29.1 Å². The number of carbonyl (C=O) groups excluding carboxylic acids is 3. The first kappa shape index (κ1) is 22.3. The molecule has 0 atom stereocenters. The fraction of sp³-hybridized carbons (Fsp3) is 0.348. The number of quaternary nitrogens is 1. The van der Waals surface area contributed by atoms with Crippen LogP contribution < -0.4 is 26.0 Å². The van der Waals surface area contributed by atoms with Crippen LogP contribution in [-0.2, 0) is 20.8 Å². The van der Waals surface area contributed by atoms with Crippen LogP contribution in [-0.4, -0.2) is 50.4 Å². The number of carbonyl (C=O) groups is 3.